The Morgan fingerprint density at radius 1 is 1.29 bits per heavy atom. The number of nitrogens with zero attached hydrogens (tertiary/aromatic N) is 1. The minimum atomic E-state index is -0.636. The Labute approximate surface area is 128 Å². The first kappa shape index (κ1) is 15.8. The minimum absolute atomic E-state index is 0.200. The van der Waals surface area contributed by atoms with Crippen molar-refractivity contribution in [3.8, 4) is 0 Å². The number of hydrogen-bond acceptors (Lipinski definition) is 2. The van der Waals surface area contributed by atoms with Crippen LogP contribution in [0.3, 0.4) is 0 Å². The van der Waals surface area contributed by atoms with Gasteiger partial charge in [-0.3, -0.25) is 14.5 Å². The zero-order valence-electron chi connectivity index (χ0n) is 12.0. The minimum Gasteiger partial charge on any atom is -0.342 e. The molecule has 0 saturated carbocycles. The molecule has 1 heterocycles. The van der Waals surface area contributed by atoms with E-state index in [4.69, 9.17) is 11.6 Å². The van der Waals surface area contributed by atoms with Gasteiger partial charge in [-0.15, -0.1) is 0 Å². The van der Waals surface area contributed by atoms with Gasteiger partial charge in [-0.1, -0.05) is 31.9 Å². The first-order valence-corrected chi connectivity index (χ1v) is 7.45. The van der Waals surface area contributed by atoms with E-state index >= 15 is 0 Å². The molecular formula is C15H18ClFN2O2. The van der Waals surface area contributed by atoms with Crippen LogP contribution in [0.4, 0.5) is 10.1 Å². The van der Waals surface area contributed by atoms with Crippen molar-refractivity contribution in [3.63, 3.8) is 0 Å². The Kier molecular flexibility index (Phi) is 4.83. The lowest BCUT2D eigenvalue weighted by Crippen LogP contribution is -2.63. The van der Waals surface area contributed by atoms with Gasteiger partial charge in [0.2, 0.25) is 11.8 Å². The van der Waals surface area contributed by atoms with Gasteiger partial charge in [-0.05, 0) is 31.0 Å². The molecule has 0 aliphatic carbocycles. The molecular weight excluding hydrogens is 295 g/mol. The fourth-order valence-electron chi connectivity index (χ4n) is 2.61. The molecule has 1 N–H and O–H groups in total. The van der Waals surface area contributed by atoms with Crippen LogP contribution in [-0.4, -0.2) is 23.9 Å². The fourth-order valence-corrected chi connectivity index (χ4v) is 2.82. The summed E-state index contributed by atoms with van der Waals surface area (Å²) >= 11 is 5.86. The van der Waals surface area contributed by atoms with Crippen LogP contribution in [0.15, 0.2) is 18.2 Å². The van der Waals surface area contributed by atoms with Gasteiger partial charge < -0.3 is 5.32 Å². The van der Waals surface area contributed by atoms with Crippen molar-refractivity contribution >= 4 is 29.1 Å². The Morgan fingerprint density at radius 2 is 2.00 bits per heavy atom. The number of halogens is 2. The van der Waals surface area contributed by atoms with Gasteiger partial charge in [-0.2, -0.15) is 0 Å². The molecule has 2 unspecified atom stereocenters. The molecule has 0 aromatic heterocycles. The maximum Gasteiger partial charge on any atom is 0.250 e. The van der Waals surface area contributed by atoms with Crippen molar-refractivity contribution in [2.75, 3.05) is 4.90 Å². The van der Waals surface area contributed by atoms with E-state index in [1.807, 2.05) is 13.8 Å². The summed E-state index contributed by atoms with van der Waals surface area (Å²) in [7, 11) is 0. The van der Waals surface area contributed by atoms with E-state index in [2.05, 4.69) is 5.32 Å². The van der Waals surface area contributed by atoms with Gasteiger partial charge >= 0.3 is 0 Å². The predicted octanol–water partition coefficient (Wildman–Crippen LogP) is 2.89. The molecule has 1 aliphatic heterocycles. The lowest BCUT2D eigenvalue weighted by molar-refractivity contribution is -0.134. The Morgan fingerprint density at radius 3 is 2.57 bits per heavy atom. The molecule has 0 spiro atoms. The topological polar surface area (TPSA) is 49.4 Å². The Hall–Kier alpha value is -1.62. The predicted molar refractivity (Wildman–Crippen MR) is 79.8 cm³/mol. The zero-order chi connectivity index (χ0) is 15.6. The number of carbonyl (C=O) groups excluding carboxylic acids is 2. The monoisotopic (exact) mass is 312 g/mol. The van der Waals surface area contributed by atoms with Gasteiger partial charge in [0, 0.05) is 10.7 Å². The molecule has 0 radical (unpaired) electrons. The van der Waals surface area contributed by atoms with Crippen molar-refractivity contribution in [2.45, 2.75) is 45.2 Å². The highest BCUT2D eigenvalue weighted by atomic mass is 35.5. The van der Waals surface area contributed by atoms with E-state index in [0.717, 1.165) is 6.42 Å². The maximum absolute atomic E-state index is 13.6. The molecule has 1 aromatic rings. The molecule has 2 amide bonds. The van der Waals surface area contributed by atoms with Gasteiger partial charge in [0.05, 0.1) is 0 Å². The average Bonchev–Trinajstić information content (AvgIpc) is 2.41. The number of nitrogens with one attached hydrogen (secondary N) is 1. The van der Waals surface area contributed by atoms with E-state index in [9.17, 15) is 14.0 Å². The van der Waals surface area contributed by atoms with Crippen LogP contribution >= 0.6 is 11.6 Å². The third kappa shape index (κ3) is 3.18. The van der Waals surface area contributed by atoms with Gasteiger partial charge in [0.1, 0.15) is 17.9 Å². The van der Waals surface area contributed by atoms with Crippen molar-refractivity contribution < 1.29 is 14.0 Å². The molecule has 114 valence electrons. The summed E-state index contributed by atoms with van der Waals surface area (Å²) < 4.78 is 13.6. The second-order valence-corrected chi connectivity index (χ2v) is 5.55. The molecule has 0 bridgehead atoms. The number of rotatable bonds is 4. The van der Waals surface area contributed by atoms with Crippen molar-refractivity contribution in [1.82, 2.24) is 5.32 Å². The maximum atomic E-state index is 13.6. The molecule has 6 heteroatoms. The number of hydrogen-bond donors (Lipinski definition) is 1. The summed E-state index contributed by atoms with van der Waals surface area (Å²) in [4.78, 5) is 26.1. The van der Waals surface area contributed by atoms with Crippen LogP contribution in [0.1, 0.15) is 33.1 Å². The molecule has 1 aromatic carbocycles. The second-order valence-electron chi connectivity index (χ2n) is 5.11. The van der Waals surface area contributed by atoms with Crippen molar-refractivity contribution in [2.24, 2.45) is 0 Å². The quantitative estimate of drug-likeness (QED) is 0.929. The number of benzene rings is 1. The molecule has 1 saturated heterocycles. The van der Waals surface area contributed by atoms with Gasteiger partial charge in [0.25, 0.3) is 0 Å². The third-order valence-corrected chi connectivity index (χ3v) is 3.77. The summed E-state index contributed by atoms with van der Waals surface area (Å²) in [5, 5.41) is 2.94. The highest BCUT2D eigenvalue weighted by Gasteiger charge is 2.40. The van der Waals surface area contributed by atoms with Crippen LogP contribution < -0.4 is 10.2 Å². The zero-order valence-corrected chi connectivity index (χ0v) is 12.8. The fraction of sp³-hybridized carbons (Fsp3) is 0.467. The van der Waals surface area contributed by atoms with E-state index < -0.39 is 17.9 Å². The van der Waals surface area contributed by atoms with Crippen LogP contribution in [0.2, 0.25) is 5.02 Å². The second kappa shape index (κ2) is 6.43. The smallest absolute Gasteiger partial charge is 0.250 e. The lowest BCUT2D eigenvalue weighted by Gasteiger charge is -2.38. The summed E-state index contributed by atoms with van der Waals surface area (Å²) in [5.41, 5.74) is 0.327. The number of amides is 2. The normalized spacial score (nSPS) is 22.4. The van der Waals surface area contributed by atoms with E-state index in [0.29, 0.717) is 18.5 Å². The van der Waals surface area contributed by atoms with E-state index in [1.165, 1.54) is 23.1 Å². The lowest BCUT2D eigenvalue weighted by atomic mass is 10.0. The summed E-state index contributed by atoms with van der Waals surface area (Å²) in [6, 6.07) is 2.71. The highest BCUT2D eigenvalue weighted by Crippen LogP contribution is 2.27. The third-order valence-electron chi connectivity index (χ3n) is 3.56. The molecule has 21 heavy (non-hydrogen) atoms. The molecule has 1 aliphatic rings. The summed E-state index contributed by atoms with van der Waals surface area (Å²) in [6.45, 7) is 3.75. The largest absolute Gasteiger partial charge is 0.342 e. The van der Waals surface area contributed by atoms with Gasteiger partial charge in [-0.25, -0.2) is 4.39 Å². The molecule has 4 nitrogen and oxygen atoms in total. The van der Waals surface area contributed by atoms with E-state index in [-0.39, 0.29) is 16.8 Å². The number of carbonyl (C=O) groups is 2. The first-order valence-electron chi connectivity index (χ1n) is 7.07. The van der Waals surface area contributed by atoms with E-state index in [1.54, 1.807) is 0 Å². The number of piperazine rings is 1. The SMILES string of the molecule is CCCC1NC(=O)C(CC)N(c2cc(F)cc(Cl)c2)C1=O. The summed E-state index contributed by atoms with van der Waals surface area (Å²) in [5.74, 6) is -0.959. The van der Waals surface area contributed by atoms with Crippen molar-refractivity contribution in [1.29, 1.82) is 0 Å². The molecule has 1 fully saturated rings. The summed E-state index contributed by atoms with van der Waals surface area (Å²) in [6.07, 6.45) is 1.77. The first-order chi connectivity index (χ1) is 9.97. The highest BCUT2D eigenvalue weighted by molar-refractivity contribution is 6.31. The van der Waals surface area contributed by atoms with Crippen molar-refractivity contribution in [3.05, 3.63) is 29.0 Å². The van der Waals surface area contributed by atoms with Crippen LogP contribution in [0, 0.1) is 5.82 Å². The molecule has 2 rings (SSSR count). The van der Waals surface area contributed by atoms with Crippen LogP contribution in [0.25, 0.3) is 0 Å². The Bertz CT molecular complexity index is 544. The molecule has 2 atom stereocenters. The average molecular weight is 313 g/mol. The van der Waals surface area contributed by atoms with Gasteiger partial charge in [0.15, 0.2) is 0 Å². The Balaban J connectivity index is 2.43. The standard InChI is InChI=1S/C15H18ClFN2O2/c1-3-5-12-15(21)19(13(4-2)14(20)18-12)11-7-9(16)6-10(17)8-11/h6-8,12-13H,3-5H2,1-2H3,(H,18,20). The number of anilines is 1. The van der Waals surface area contributed by atoms with Crippen LogP contribution in [-0.2, 0) is 9.59 Å². The van der Waals surface area contributed by atoms with Crippen LogP contribution in [0.5, 0.6) is 0 Å².